The van der Waals surface area contributed by atoms with Gasteiger partial charge in [0.2, 0.25) is 0 Å². The molecule has 1 saturated heterocycles. The molecule has 36 heavy (non-hydrogen) atoms. The average molecular weight is 516 g/mol. The van der Waals surface area contributed by atoms with Gasteiger partial charge in [-0.15, -0.1) is 0 Å². The minimum atomic E-state index is -2.46. The summed E-state index contributed by atoms with van der Waals surface area (Å²) in [5, 5.41) is 6.74. The fraction of sp³-hybridized carbons (Fsp3) is 0.360. The molecule has 2 heterocycles. The maximum atomic E-state index is 14.1. The van der Waals surface area contributed by atoms with Crippen LogP contribution in [0.25, 0.3) is 10.9 Å². The molecule has 1 fully saturated rings. The van der Waals surface area contributed by atoms with Crippen LogP contribution < -0.4 is 20.1 Å². The number of aryl methyl sites for hydroxylation is 1. The predicted octanol–water partition coefficient (Wildman–Crippen LogP) is 3.56. The van der Waals surface area contributed by atoms with Crippen LogP contribution >= 0.6 is 0 Å². The third kappa shape index (κ3) is 6.41. The number of amides is 1. The number of nitrogens with zero attached hydrogens (tertiary/aromatic N) is 2. The molecule has 0 spiro atoms. The lowest BCUT2D eigenvalue weighted by Crippen LogP contribution is -2.40. The highest BCUT2D eigenvalue weighted by Crippen LogP contribution is 2.33. The Labute approximate surface area is 210 Å². The zero-order valence-electron chi connectivity index (χ0n) is 20.5. The van der Waals surface area contributed by atoms with E-state index in [4.69, 9.17) is 9.47 Å². The van der Waals surface area contributed by atoms with E-state index >= 15 is 0 Å². The number of fused-ring (bicyclic) bond motifs is 1. The Balaban J connectivity index is 1.56. The smallest absolute Gasteiger partial charge is 0.260 e. The summed E-state index contributed by atoms with van der Waals surface area (Å²) >= 11 is 0. The van der Waals surface area contributed by atoms with Crippen LogP contribution in [0.15, 0.2) is 36.7 Å². The van der Waals surface area contributed by atoms with Crippen molar-refractivity contribution in [2.75, 3.05) is 29.4 Å². The van der Waals surface area contributed by atoms with Crippen LogP contribution in [0.1, 0.15) is 25.3 Å². The molecule has 1 aliphatic heterocycles. The lowest BCUT2D eigenvalue weighted by Gasteiger charge is -2.19. The van der Waals surface area contributed by atoms with Gasteiger partial charge in [-0.05, 0) is 62.4 Å². The van der Waals surface area contributed by atoms with E-state index in [-0.39, 0.29) is 17.8 Å². The van der Waals surface area contributed by atoms with Crippen LogP contribution in [0.2, 0.25) is 0 Å². The van der Waals surface area contributed by atoms with Crippen molar-refractivity contribution in [1.29, 1.82) is 0 Å². The number of benzene rings is 2. The lowest BCUT2D eigenvalue weighted by molar-refractivity contribution is -0.127. The summed E-state index contributed by atoms with van der Waals surface area (Å²) in [5.41, 5.74) is 2.50. The summed E-state index contributed by atoms with van der Waals surface area (Å²) in [4.78, 5) is 21.3. The van der Waals surface area contributed by atoms with Crippen LogP contribution in [0.3, 0.4) is 0 Å². The SMILES string of the molecule is C=S(C)(=O)Nc1cc(C)c2c(Nc3ccc(F)cc3O[C@H](C)C(=O)NCC3CCCO3)ncnc2c1. The quantitative estimate of drug-likeness (QED) is 0.373. The molecular formula is C25H30FN5O4S. The van der Waals surface area contributed by atoms with Crippen molar-refractivity contribution < 1.29 is 22.9 Å². The Hall–Kier alpha value is -3.44. The molecule has 9 nitrogen and oxygen atoms in total. The molecule has 3 N–H and O–H groups in total. The van der Waals surface area contributed by atoms with Gasteiger partial charge in [-0.2, -0.15) is 0 Å². The number of carbonyl (C=O) groups excluding carboxylic acids is 1. The van der Waals surface area contributed by atoms with Gasteiger partial charge in [-0.1, -0.05) is 0 Å². The standard InChI is InChI=1S/C25H30FN5O4S/c1-15-10-18(31-36(3,4)33)12-21-23(15)24(29-14-28-21)30-20-8-7-17(26)11-22(20)35-16(2)25(32)27-13-19-6-5-9-34-19/h7-8,10-12,14,16,19H,3,5-6,9,13H2,1-2,4H3,(H,27,32)(H,31,33)(H,28,29,30)/t16-,19?,36?/m1/s1. The molecule has 2 unspecified atom stereocenters. The largest absolute Gasteiger partial charge is 0.479 e. The number of aromatic nitrogens is 2. The first-order valence-corrected chi connectivity index (χ1v) is 13.7. The van der Waals surface area contributed by atoms with Gasteiger partial charge < -0.3 is 24.8 Å². The Morgan fingerprint density at radius 2 is 2.14 bits per heavy atom. The molecule has 1 amide bonds. The van der Waals surface area contributed by atoms with Crippen LogP contribution in [0, 0.1) is 12.7 Å². The first kappa shape index (κ1) is 25.6. The van der Waals surface area contributed by atoms with Crippen molar-refractivity contribution in [3.05, 3.63) is 48.0 Å². The Kier molecular flexibility index (Phi) is 7.60. The third-order valence-electron chi connectivity index (χ3n) is 5.67. The summed E-state index contributed by atoms with van der Waals surface area (Å²) in [6.45, 7) is 4.59. The molecular weight excluding hydrogens is 485 g/mol. The molecule has 4 rings (SSSR count). The number of anilines is 3. The second-order valence-corrected chi connectivity index (χ2v) is 11.1. The highest BCUT2D eigenvalue weighted by atomic mass is 32.2. The van der Waals surface area contributed by atoms with Gasteiger partial charge in [0.05, 0.1) is 17.3 Å². The van der Waals surface area contributed by atoms with E-state index in [1.54, 1.807) is 13.0 Å². The van der Waals surface area contributed by atoms with Gasteiger partial charge in [-0.3, -0.25) is 4.79 Å². The van der Waals surface area contributed by atoms with Crippen molar-refractivity contribution in [2.24, 2.45) is 0 Å². The van der Waals surface area contributed by atoms with Crippen LogP contribution in [-0.4, -0.2) is 57.6 Å². The summed E-state index contributed by atoms with van der Waals surface area (Å²) in [6.07, 6.45) is 3.94. The molecule has 0 bridgehead atoms. The minimum Gasteiger partial charge on any atom is -0.479 e. The molecule has 11 heteroatoms. The van der Waals surface area contributed by atoms with Crippen molar-refractivity contribution in [3.63, 3.8) is 0 Å². The fourth-order valence-electron chi connectivity index (χ4n) is 4.03. The molecule has 2 aromatic carbocycles. The monoisotopic (exact) mass is 515 g/mol. The number of rotatable bonds is 9. The normalized spacial score (nSPS) is 17.8. The molecule has 3 aromatic rings. The van der Waals surface area contributed by atoms with E-state index in [9.17, 15) is 13.4 Å². The third-order valence-corrected chi connectivity index (χ3v) is 6.33. The second-order valence-electron chi connectivity index (χ2n) is 8.92. The van der Waals surface area contributed by atoms with Crippen LogP contribution in [0.4, 0.5) is 21.6 Å². The number of halogens is 1. The zero-order valence-corrected chi connectivity index (χ0v) is 21.3. The van der Waals surface area contributed by atoms with Gasteiger partial charge in [0.25, 0.3) is 5.91 Å². The molecule has 3 atom stereocenters. The molecule has 1 aromatic heterocycles. The van der Waals surface area contributed by atoms with Crippen molar-refractivity contribution >= 4 is 49.6 Å². The van der Waals surface area contributed by atoms with Gasteiger partial charge in [0.1, 0.15) is 23.7 Å². The first-order valence-electron chi connectivity index (χ1n) is 11.6. The maximum Gasteiger partial charge on any atom is 0.260 e. The summed E-state index contributed by atoms with van der Waals surface area (Å²) < 4.78 is 40.4. The minimum absolute atomic E-state index is 0.00920. The van der Waals surface area contributed by atoms with E-state index in [0.717, 1.165) is 23.8 Å². The lowest BCUT2D eigenvalue weighted by atomic mass is 10.1. The summed E-state index contributed by atoms with van der Waals surface area (Å²) in [5.74, 6) is 3.45. The van der Waals surface area contributed by atoms with Gasteiger partial charge in [0.15, 0.2) is 6.10 Å². The van der Waals surface area contributed by atoms with E-state index in [2.05, 4.69) is 31.2 Å². The van der Waals surface area contributed by atoms with Crippen LogP contribution in [-0.2, 0) is 19.2 Å². The second kappa shape index (κ2) is 10.7. The fourth-order valence-corrected chi connectivity index (χ4v) is 4.64. The number of carbonyl (C=O) groups is 1. The van der Waals surface area contributed by atoms with Crippen LogP contribution in [0.5, 0.6) is 5.75 Å². The van der Waals surface area contributed by atoms with Gasteiger partial charge >= 0.3 is 0 Å². The molecule has 0 aliphatic carbocycles. The number of hydrogen-bond donors (Lipinski definition) is 3. The highest BCUT2D eigenvalue weighted by molar-refractivity contribution is 8.00. The van der Waals surface area contributed by atoms with E-state index < -0.39 is 21.6 Å². The maximum absolute atomic E-state index is 14.1. The molecule has 192 valence electrons. The zero-order chi connectivity index (χ0) is 25.9. The first-order chi connectivity index (χ1) is 17.1. The Morgan fingerprint density at radius 3 is 2.86 bits per heavy atom. The average Bonchev–Trinajstić information content (AvgIpc) is 3.31. The predicted molar refractivity (Wildman–Crippen MR) is 141 cm³/mol. The number of nitrogens with one attached hydrogen (secondary N) is 3. The Bertz CT molecular complexity index is 1380. The molecule has 0 radical (unpaired) electrons. The Morgan fingerprint density at radius 1 is 1.33 bits per heavy atom. The summed E-state index contributed by atoms with van der Waals surface area (Å²) in [6, 6.07) is 7.62. The van der Waals surface area contributed by atoms with E-state index in [1.807, 2.05) is 13.0 Å². The van der Waals surface area contributed by atoms with E-state index in [0.29, 0.717) is 35.9 Å². The number of ether oxygens (including phenoxy) is 2. The van der Waals surface area contributed by atoms with E-state index in [1.165, 1.54) is 30.8 Å². The number of hydrogen-bond acceptors (Lipinski definition) is 7. The van der Waals surface area contributed by atoms with Gasteiger partial charge in [0, 0.05) is 46.3 Å². The van der Waals surface area contributed by atoms with Gasteiger partial charge in [-0.25, -0.2) is 18.6 Å². The van der Waals surface area contributed by atoms with Crippen molar-refractivity contribution in [2.45, 2.75) is 38.9 Å². The van der Waals surface area contributed by atoms with Crippen molar-refractivity contribution in [1.82, 2.24) is 15.3 Å². The summed E-state index contributed by atoms with van der Waals surface area (Å²) in [7, 11) is -2.46. The molecule has 0 saturated carbocycles. The highest BCUT2D eigenvalue weighted by Gasteiger charge is 2.21. The topological polar surface area (TPSA) is 114 Å². The molecule has 1 aliphatic rings. The van der Waals surface area contributed by atoms with Crippen molar-refractivity contribution in [3.8, 4) is 5.75 Å².